The van der Waals surface area contributed by atoms with E-state index in [1.807, 2.05) is 58.9 Å². The van der Waals surface area contributed by atoms with E-state index in [0.29, 0.717) is 11.4 Å². The minimum Gasteiger partial charge on any atom is -0.493 e. The number of methoxy groups -OCH3 is 2. The summed E-state index contributed by atoms with van der Waals surface area (Å²) in [5, 5.41) is 2.93. The molecular formula is C32H41N3O6S. The maximum absolute atomic E-state index is 14.1. The predicted octanol–water partition coefficient (Wildman–Crippen LogP) is 4.85. The summed E-state index contributed by atoms with van der Waals surface area (Å²) in [5.41, 5.74) is 2.60. The first-order valence-electron chi connectivity index (χ1n) is 13.6. The van der Waals surface area contributed by atoms with Gasteiger partial charge in [-0.25, -0.2) is 8.42 Å². The second-order valence-electron chi connectivity index (χ2n) is 11.3. The Labute approximate surface area is 249 Å². The number of nitrogens with one attached hydrogen (secondary N) is 1. The summed E-state index contributed by atoms with van der Waals surface area (Å²) in [7, 11) is -1.38. The minimum atomic E-state index is -4.26. The Morgan fingerprint density at radius 1 is 0.857 bits per heavy atom. The number of amides is 2. The van der Waals surface area contributed by atoms with Crippen LogP contribution in [0.25, 0.3) is 0 Å². The van der Waals surface area contributed by atoms with Gasteiger partial charge in [-0.1, -0.05) is 47.5 Å². The number of aryl methyl sites for hydroxylation is 2. The second-order valence-corrected chi connectivity index (χ2v) is 13.1. The van der Waals surface area contributed by atoms with Gasteiger partial charge < -0.3 is 19.7 Å². The molecule has 2 amide bonds. The van der Waals surface area contributed by atoms with Crippen molar-refractivity contribution in [3.05, 3.63) is 83.4 Å². The van der Waals surface area contributed by atoms with Gasteiger partial charge in [0.15, 0.2) is 11.5 Å². The van der Waals surface area contributed by atoms with Crippen molar-refractivity contribution in [3.63, 3.8) is 0 Å². The maximum Gasteiger partial charge on any atom is 0.264 e. The average molecular weight is 596 g/mol. The number of nitrogens with zero attached hydrogens (tertiary/aromatic N) is 2. The predicted molar refractivity (Wildman–Crippen MR) is 164 cm³/mol. The maximum atomic E-state index is 14.1. The molecule has 42 heavy (non-hydrogen) atoms. The van der Waals surface area contributed by atoms with Crippen LogP contribution in [-0.4, -0.2) is 57.5 Å². The summed E-state index contributed by atoms with van der Waals surface area (Å²) in [6, 6.07) is 17.9. The lowest BCUT2D eigenvalue weighted by Crippen LogP contribution is -2.54. The quantitative estimate of drug-likeness (QED) is 0.340. The van der Waals surface area contributed by atoms with E-state index in [2.05, 4.69) is 5.32 Å². The van der Waals surface area contributed by atoms with E-state index in [9.17, 15) is 18.0 Å². The van der Waals surface area contributed by atoms with Crippen LogP contribution in [0.15, 0.2) is 71.6 Å². The fourth-order valence-corrected chi connectivity index (χ4v) is 5.72. The molecule has 0 heterocycles. The lowest BCUT2D eigenvalue weighted by molar-refractivity contribution is -0.140. The third kappa shape index (κ3) is 8.03. The highest BCUT2D eigenvalue weighted by molar-refractivity contribution is 7.92. The van der Waals surface area contributed by atoms with Gasteiger partial charge in [-0.05, 0) is 71.4 Å². The van der Waals surface area contributed by atoms with Crippen LogP contribution >= 0.6 is 0 Å². The standard InChI is InChI=1S/C32H41N3O6S/c1-22-9-13-25(14-10-22)20-34(24(3)31(37)33-32(4,5)6)30(36)21-35(26-15-11-23(2)12-16-26)42(38,39)27-17-18-28(40-7)29(19-27)41-8/h9-19,24H,20-21H2,1-8H3,(H,33,37). The third-order valence-electron chi connectivity index (χ3n) is 6.68. The molecule has 10 heteroatoms. The van der Waals surface area contributed by atoms with Crippen molar-refractivity contribution < 1.29 is 27.5 Å². The summed E-state index contributed by atoms with van der Waals surface area (Å²) in [4.78, 5) is 28.6. The molecule has 1 N–H and O–H groups in total. The van der Waals surface area contributed by atoms with Gasteiger partial charge in [0.05, 0.1) is 24.8 Å². The van der Waals surface area contributed by atoms with Crippen molar-refractivity contribution in [3.8, 4) is 11.5 Å². The number of hydrogen-bond acceptors (Lipinski definition) is 6. The van der Waals surface area contributed by atoms with E-state index >= 15 is 0 Å². The van der Waals surface area contributed by atoms with Gasteiger partial charge in [-0.3, -0.25) is 13.9 Å². The van der Waals surface area contributed by atoms with Crippen molar-refractivity contribution in [2.24, 2.45) is 0 Å². The van der Waals surface area contributed by atoms with E-state index in [-0.39, 0.29) is 23.1 Å². The number of carbonyl (C=O) groups excluding carboxylic acids is 2. The van der Waals surface area contributed by atoms with Crippen molar-refractivity contribution in [1.82, 2.24) is 10.2 Å². The van der Waals surface area contributed by atoms with Gasteiger partial charge in [0, 0.05) is 18.2 Å². The smallest absolute Gasteiger partial charge is 0.264 e. The highest BCUT2D eigenvalue weighted by atomic mass is 32.2. The monoisotopic (exact) mass is 595 g/mol. The van der Waals surface area contributed by atoms with Crippen LogP contribution in [0.1, 0.15) is 44.4 Å². The van der Waals surface area contributed by atoms with E-state index in [1.54, 1.807) is 31.2 Å². The number of benzene rings is 3. The highest BCUT2D eigenvalue weighted by Crippen LogP contribution is 2.32. The van der Waals surface area contributed by atoms with Gasteiger partial charge in [0.1, 0.15) is 12.6 Å². The fourth-order valence-electron chi connectivity index (χ4n) is 4.29. The fraction of sp³-hybridized carbons (Fsp3) is 0.375. The van der Waals surface area contributed by atoms with Crippen LogP contribution in [0.3, 0.4) is 0 Å². The highest BCUT2D eigenvalue weighted by Gasteiger charge is 2.33. The molecule has 3 aromatic rings. The zero-order chi connectivity index (χ0) is 31.2. The Bertz CT molecular complexity index is 1500. The molecule has 9 nitrogen and oxygen atoms in total. The number of carbonyl (C=O) groups is 2. The van der Waals surface area contributed by atoms with Crippen LogP contribution in [0.4, 0.5) is 5.69 Å². The normalized spacial score (nSPS) is 12.3. The zero-order valence-electron chi connectivity index (χ0n) is 25.6. The van der Waals surface area contributed by atoms with Crippen LogP contribution in [0.2, 0.25) is 0 Å². The van der Waals surface area contributed by atoms with Gasteiger partial charge in [0.2, 0.25) is 11.8 Å². The molecule has 0 saturated heterocycles. The molecule has 0 bridgehead atoms. The van der Waals surface area contributed by atoms with E-state index in [4.69, 9.17) is 9.47 Å². The Morgan fingerprint density at radius 3 is 1.93 bits per heavy atom. The summed E-state index contributed by atoms with van der Waals surface area (Å²) < 4.78 is 39.9. The molecule has 0 radical (unpaired) electrons. The van der Waals surface area contributed by atoms with Crippen molar-refractivity contribution in [2.75, 3.05) is 25.1 Å². The SMILES string of the molecule is COc1ccc(S(=O)(=O)N(CC(=O)N(Cc2ccc(C)cc2)C(C)C(=O)NC(C)(C)C)c2ccc(C)cc2)cc1OC. The lowest BCUT2D eigenvalue weighted by Gasteiger charge is -2.33. The molecule has 0 saturated carbocycles. The van der Waals surface area contributed by atoms with Crippen LogP contribution in [0, 0.1) is 13.8 Å². The summed E-state index contributed by atoms with van der Waals surface area (Å²) in [5.74, 6) is -0.260. The van der Waals surface area contributed by atoms with E-state index < -0.39 is 34.1 Å². The Balaban J connectivity index is 2.07. The average Bonchev–Trinajstić information content (AvgIpc) is 2.94. The summed E-state index contributed by atoms with van der Waals surface area (Å²) in [6.07, 6.45) is 0. The van der Waals surface area contributed by atoms with Crippen LogP contribution in [-0.2, 0) is 26.2 Å². The second kappa shape index (κ2) is 13.3. The molecule has 0 fully saturated rings. The largest absolute Gasteiger partial charge is 0.493 e. The molecule has 0 aliphatic rings. The third-order valence-corrected chi connectivity index (χ3v) is 8.45. The molecule has 0 aliphatic heterocycles. The molecule has 226 valence electrons. The number of anilines is 1. The molecule has 1 unspecified atom stereocenters. The summed E-state index contributed by atoms with van der Waals surface area (Å²) >= 11 is 0. The number of sulfonamides is 1. The van der Waals surface area contributed by atoms with Gasteiger partial charge in [-0.2, -0.15) is 0 Å². The molecule has 0 aromatic heterocycles. The van der Waals surface area contributed by atoms with Gasteiger partial charge in [-0.15, -0.1) is 0 Å². The van der Waals surface area contributed by atoms with Crippen LogP contribution in [0.5, 0.6) is 11.5 Å². The minimum absolute atomic E-state index is 0.0721. The zero-order valence-corrected chi connectivity index (χ0v) is 26.4. The molecule has 0 spiro atoms. The number of hydrogen-bond donors (Lipinski definition) is 1. The van der Waals surface area contributed by atoms with Crippen LogP contribution < -0.4 is 19.1 Å². The van der Waals surface area contributed by atoms with Crippen molar-refractivity contribution in [1.29, 1.82) is 0 Å². The number of ether oxygens (including phenoxy) is 2. The summed E-state index contributed by atoms with van der Waals surface area (Å²) in [6.45, 7) is 10.7. The topological polar surface area (TPSA) is 105 Å². The Morgan fingerprint density at radius 2 is 1.40 bits per heavy atom. The van der Waals surface area contributed by atoms with Crippen molar-refractivity contribution >= 4 is 27.5 Å². The molecular weight excluding hydrogens is 554 g/mol. The Hall–Kier alpha value is -4.05. The first kappa shape index (κ1) is 32.5. The van der Waals surface area contributed by atoms with Crippen molar-refractivity contribution in [2.45, 2.75) is 64.6 Å². The van der Waals surface area contributed by atoms with Gasteiger partial charge >= 0.3 is 0 Å². The molecule has 3 aromatic carbocycles. The molecule has 1 atom stereocenters. The Kier molecular flexibility index (Phi) is 10.3. The first-order valence-corrected chi connectivity index (χ1v) is 15.1. The van der Waals surface area contributed by atoms with E-state index in [0.717, 1.165) is 21.0 Å². The van der Waals surface area contributed by atoms with E-state index in [1.165, 1.54) is 37.3 Å². The van der Waals surface area contributed by atoms with Gasteiger partial charge in [0.25, 0.3) is 10.0 Å². The lowest BCUT2D eigenvalue weighted by atomic mass is 10.1. The molecule has 3 rings (SSSR count). The molecule has 0 aliphatic carbocycles. The first-order chi connectivity index (χ1) is 19.7. The number of rotatable bonds is 11.